The molecule has 0 amide bonds. The summed E-state index contributed by atoms with van der Waals surface area (Å²) in [7, 11) is 0. The predicted octanol–water partition coefficient (Wildman–Crippen LogP) is 4.18. The smallest absolute Gasteiger partial charge is 0.312 e. The van der Waals surface area contributed by atoms with E-state index < -0.39 is 11.4 Å². The van der Waals surface area contributed by atoms with Gasteiger partial charge in [-0.1, -0.05) is 72.8 Å². The first kappa shape index (κ1) is 16.1. The van der Waals surface area contributed by atoms with E-state index in [2.05, 4.69) is 29.6 Å². The van der Waals surface area contributed by atoms with Crippen LogP contribution in [0, 0.1) is 17.3 Å². The lowest BCUT2D eigenvalue weighted by atomic mass is 9.68. The van der Waals surface area contributed by atoms with Crippen LogP contribution in [-0.4, -0.2) is 11.1 Å². The van der Waals surface area contributed by atoms with Crippen LogP contribution in [0.15, 0.2) is 72.8 Å². The molecule has 0 aliphatic heterocycles. The first-order valence-electron chi connectivity index (χ1n) is 8.94. The second kappa shape index (κ2) is 6.49. The number of carbonyl (C=O) groups is 1. The first-order valence-corrected chi connectivity index (χ1v) is 8.94. The van der Waals surface area contributed by atoms with Gasteiger partial charge in [0.05, 0.1) is 5.41 Å². The van der Waals surface area contributed by atoms with E-state index in [9.17, 15) is 9.90 Å². The van der Waals surface area contributed by atoms with Gasteiger partial charge in [-0.05, 0) is 35.8 Å². The Bertz CT molecular complexity index is 771. The van der Waals surface area contributed by atoms with Crippen molar-refractivity contribution in [2.45, 2.75) is 25.4 Å². The summed E-state index contributed by atoms with van der Waals surface area (Å²) in [6.45, 7) is 0.663. The summed E-state index contributed by atoms with van der Waals surface area (Å²) in [6.07, 6.45) is 6.00. The molecule has 0 aromatic heterocycles. The molecule has 0 heterocycles. The summed E-state index contributed by atoms with van der Waals surface area (Å²) >= 11 is 0. The van der Waals surface area contributed by atoms with Crippen molar-refractivity contribution in [1.82, 2.24) is 5.32 Å². The number of hydrogen-bond acceptors (Lipinski definition) is 2. The number of carboxylic acids is 1. The van der Waals surface area contributed by atoms with Crippen LogP contribution in [0.3, 0.4) is 0 Å². The molecule has 4 rings (SSSR count). The van der Waals surface area contributed by atoms with E-state index in [0.717, 1.165) is 12.0 Å². The molecule has 2 aromatic carbocycles. The van der Waals surface area contributed by atoms with Crippen molar-refractivity contribution in [3.05, 3.63) is 83.9 Å². The Morgan fingerprint density at radius 2 is 1.76 bits per heavy atom. The van der Waals surface area contributed by atoms with Gasteiger partial charge in [0.15, 0.2) is 0 Å². The lowest BCUT2D eigenvalue weighted by molar-refractivity contribution is -0.153. The van der Waals surface area contributed by atoms with Crippen LogP contribution in [0.4, 0.5) is 0 Å². The minimum atomic E-state index is -0.768. The van der Waals surface area contributed by atoms with Gasteiger partial charge in [0.2, 0.25) is 0 Å². The van der Waals surface area contributed by atoms with Crippen molar-refractivity contribution < 1.29 is 9.90 Å². The molecule has 2 aliphatic carbocycles. The minimum absolute atomic E-state index is 0.100. The summed E-state index contributed by atoms with van der Waals surface area (Å²) in [5.74, 6) is -0.187. The van der Waals surface area contributed by atoms with Gasteiger partial charge in [-0.3, -0.25) is 4.79 Å². The molecule has 1 fully saturated rings. The van der Waals surface area contributed by atoms with Crippen molar-refractivity contribution in [2.75, 3.05) is 0 Å². The zero-order valence-corrected chi connectivity index (χ0v) is 14.1. The molecule has 4 atom stereocenters. The normalized spacial score (nSPS) is 28.2. The van der Waals surface area contributed by atoms with Crippen LogP contribution in [-0.2, 0) is 11.3 Å². The van der Waals surface area contributed by atoms with Crippen molar-refractivity contribution in [1.29, 1.82) is 0 Å². The monoisotopic (exact) mass is 333 g/mol. The van der Waals surface area contributed by atoms with Crippen molar-refractivity contribution in [3.8, 4) is 0 Å². The number of rotatable bonds is 6. The van der Waals surface area contributed by atoms with Crippen molar-refractivity contribution in [3.63, 3.8) is 0 Å². The number of carboxylic acid groups (broad SMARTS) is 1. The average molecular weight is 333 g/mol. The molecule has 2 bridgehead atoms. The third-order valence-corrected chi connectivity index (χ3v) is 5.83. The summed E-state index contributed by atoms with van der Waals surface area (Å²) in [4.78, 5) is 12.5. The predicted molar refractivity (Wildman–Crippen MR) is 97.9 cm³/mol. The maximum absolute atomic E-state index is 12.5. The Morgan fingerprint density at radius 3 is 2.32 bits per heavy atom. The number of benzene rings is 2. The van der Waals surface area contributed by atoms with E-state index in [1.54, 1.807) is 0 Å². The molecule has 3 heteroatoms. The Kier molecular flexibility index (Phi) is 4.18. The number of hydrogen-bond donors (Lipinski definition) is 2. The van der Waals surface area contributed by atoms with Gasteiger partial charge in [0.1, 0.15) is 0 Å². The van der Waals surface area contributed by atoms with Gasteiger partial charge in [-0.25, -0.2) is 0 Å². The second-order valence-corrected chi connectivity index (χ2v) is 7.25. The Hall–Kier alpha value is -2.39. The van der Waals surface area contributed by atoms with Crippen LogP contribution in [0.2, 0.25) is 0 Å². The molecule has 128 valence electrons. The van der Waals surface area contributed by atoms with Gasteiger partial charge < -0.3 is 10.4 Å². The highest BCUT2D eigenvalue weighted by molar-refractivity contribution is 5.78. The molecular formula is C22H23NO2. The fraction of sp³-hybridized carbons (Fsp3) is 0.318. The van der Waals surface area contributed by atoms with Gasteiger partial charge in [-0.15, -0.1) is 0 Å². The zero-order chi connectivity index (χ0) is 17.3. The largest absolute Gasteiger partial charge is 0.481 e. The van der Waals surface area contributed by atoms with Crippen LogP contribution in [0.1, 0.15) is 30.0 Å². The van der Waals surface area contributed by atoms with Crippen molar-refractivity contribution in [2.24, 2.45) is 17.3 Å². The van der Waals surface area contributed by atoms with E-state index in [-0.39, 0.29) is 12.0 Å². The first-order chi connectivity index (χ1) is 12.2. The van der Waals surface area contributed by atoms with E-state index in [1.165, 1.54) is 5.56 Å². The molecule has 0 saturated heterocycles. The maximum atomic E-state index is 12.5. The maximum Gasteiger partial charge on any atom is 0.312 e. The van der Waals surface area contributed by atoms with E-state index in [0.29, 0.717) is 18.9 Å². The third kappa shape index (κ3) is 2.79. The summed E-state index contributed by atoms with van der Waals surface area (Å²) in [5.41, 5.74) is 1.46. The standard InChI is InChI=1S/C22H23NO2/c24-21(25)22(14-17-11-12-19(22)13-17)20(18-9-5-2-6-10-18)23-15-16-7-3-1-4-8-16/h1-12,17,19-20,23H,13-15H2,(H,24,25)/t17-,19+,20-,22+/m0/s1. The number of nitrogens with one attached hydrogen (secondary N) is 1. The molecule has 1 saturated carbocycles. The molecule has 2 N–H and O–H groups in total. The lowest BCUT2D eigenvalue weighted by Crippen LogP contribution is -2.46. The Balaban J connectivity index is 1.70. The van der Waals surface area contributed by atoms with Gasteiger partial charge in [-0.2, -0.15) is 0 Å². The molecule has 0 unspecified atom stereocenters. The van der Waals surface area contributed by atoms with Gasteiger partial charge in [0.25, 0.3) is 0 Å². The quantitative estimate of drug-likeness (QED) is 0.780. The zero-order valence-electron chi connectivity index (χ0n) is 14.1. The molecule has 25 heavy (non-hydrogen) atoms. The fourth-order valence-electron chi connectivity index (χ4n) is 4.65. The van der Waals surface area contributed by atoms with E-state index >= 15 is 0 Å². The SMILES string of the molecule is O=C(O)[C@]1([C@@H](NCc2ccccc2)c2ccccc2)C[C@H]2C=C[C@@H]1C2. The molecule has 2 aliphatic rings. The van der Waals surface area contributed by atoms with Gasteiger partial charge in [0, 0.05) is 12.6 Å². The highest BCUT2D eigenvalue weighted by Gasteiger charge is 2.58. The van der Waals surface area contributed by atoms with Crippen LogP contribution in [0.5, 0.6) is 0 Å². The Labute approximate surface area is 148 Å². The highest BCUT2D eigenvalue weighted by atomic mass is 16.4. The highest BCUT2D eigenvalue weighted by Crippen LogP contribution is 2.58. The Morgan fingerprint density at radius 1 is 1.08 bits per heavy atom. The fourth-order valence-corrected chi connectivity index (χ4v) is 4.65. The number of allylic oxidation sites excluding steroid dienone is 2. The molecule has 2 aromatic rings. The van der Waals surface area contributed by atoms with Gasteiger partial charge >= 0.3 is 5.97 Å². The molecule has 0 spiro atoms. The van der Waals surface area contributed by atoms with Crippen LogP contribution in [0.25, 0.3) is 0 Å². The third-order valence-electron chi connectivity index (χ3n) is 5.83. The minimum Gasteiger partial charge on any atom is -0.481 e. The van der Waals surface area contributed by atoms with Crippen molar-refractivity contribution >= 4 is 5.97 Å². The molecule has 0 radical (unpaired) electrons. The van der Waals surface area contributed by atoms with E-state index in [4.69, 9.17) is 0 Å². The van der Waals surface area contributed by atoms with E-state index in [1.807, 2.05) is 48.5 Å². The molecular weight excluding hydrogens is 310 g/mol. The summed E-state index contributed by atoms with van der Waals surface area (Å²) in [5, 5.41) is 13.8. The van der Waals surface area contributed by atoms with Crippen LogP contribution >= 0.6 is 0 Å². The summed E-state index contributed by atoms with van der Waals surface area (Å²) in [6, 6.07) is 20.0. The summed E-state index contributed by atoms with van der Waals surface area (Å²) < 4.78 is 0. The van der Waals surface area contributed by atoms with Crippen LogP contribution < -0.4 is 5.32 Å². The second-order valence-electron chi connectivity index (χ2n) is 7.25. The molecule has 3 nitrogen and oxygen atoms in total. The topological polar surface area (TPSA) is 49.3 Å². The average Bonchev–Trinajstić information content (AvgIpc) is 3.26. The number of aliphatic carboxylic acids is 1. The number of fused-ring (bicyclic) bond motifs is 2. The lowest BCUT2D eigenvalue weighted by Gasteiger charge is -2.40.